The second-order valence-corrected chi connectivity index (χ2v) is 12.2. The first-order chi connectivity index (χ1) is 13.4. The van der Waals surface area contributed by atoms with Crippen LogP contribution in [0.3, 0.4) is 0 Å². The van der Waals surface area contributed by atoms with Gasteiger partial charge in [0.15, 0.2) is 0 Å². The minimum atomic E-state index is -6.49. The number of alkyl halides is 6. The van der Waals surface area contributed by atoms with E-state index >= 15 is 0 Å². The fourth-order valence-corrected chi connectivity index (χ4v) is 3.65. The summed E-state index contributed by atoms with van der Waals surface area (Å²) in [6.45, 7) is 15.6. The molecule has 0 saturated heterocycles. The van der Waals surface area contributed by atoms with Crippen molar-refractivity contribution in [1.29, 1.82) is 0 Å². The van der Waals surface area contributed by atoms with Crippen LogP contribution in [0.1, 0.15) is 79.0 Å². The molecular formula is C21H30F6O3S. The van der Waals surface area contributed by atoms with Gasteiger partial charge in [-0.05, 0) is 21.8 Å². The Hall–Kier alpha value is -1.45. The molecule has 0 spiro atoms. The number of halogens is 6. The Balaban J connectivity index is 3.95. The third-order valence-electron chi connectivity index (χ3n) is 4.74. The lowest BCUT2D eigenvalue weighted by molar-refractivity contribution is -0.227. The highest BCUT2D eigenvalue weighted by atomic mass is 32.2. The summed E-state index contributed by atoms with van der Waals surface area (Å²) in [6, 6.07) is 3.12. The van der Waals surface area contributed by atoms with E-state index in [1.165, 1.54) is 0 Å². The predicted molar refractivity (Wildman–Crippen MR) is 108 cm³/mol. The van der Waals surface area contributed by atoms with E-state index in [0.29, 0.717) is 0 Å². The third kappa shape index (κ3) is 5.31. The third-order valence-corrected chi connectivity index (χ3v) is 6.03. The molecule has 0 aromatic heterocycles. The average Bonchev–Trinajstić information content (AvgIpc) is 2.50. The molecule has 0 aliphatic rings. The number of hydrogen-bond acceptors (Lipinski definition) is 3. The SMILES string of the molecule is CC(C)(C)c1cc(C(C)(C)C)c(OS(=O)(=O)C(F)(F)C(F)(F)C(F)F)c(C(C)(C)C)c1. The van der Waals surface area contributed by atoms with Gasteiger partial charge in [0.2, 0.25) is 0 Å². The zero-order chi connectivity index (χ0) is 25.0. The fourth-order valence-electron chi connectivity index (χ4n) is 2.72. The zero-order valence-electron chi connectivity index (χ0n) is 19.1. The molecule has 0 saturated carbocycles. The van der Waals surface area contributed by atoms with Gasteiger partial charge < -0.3 is 4.18 Å². The molecular weight excluding hydrogens is 446 g/mol. The van der Waals surface area contributed by atoms with E-state index in [-0.39, 0.29) is 11.1 Å². The Bertz CT molecular complexity index is 883. The van der Waals surface area contributed by atoms with Crippen LogP contribution >= 0.6 is 0 Å². The maximum atomic E-state index is 14.1. The molecule has 0 atom stereocenters. The normalized spacial score (nSPS) is 14.8. The quantitative estimate of drug-likeness (QED) is 0.348. The van der Waals surface area contributed by atoms with Crippen LogP contribution in [-0.4, -0.2) is 26.0 Å². The standard InChI is InChI=1S/C21H30F6O3S/c1-17(2,3)12-10-13(18(4,5)6)15(14(11-12)19(7,8)9)30-31(28,29)21(26,27)20(24,25)16(22)23/h10-11,16H,1-9H3. The monoisotopic (exact) mass is 476 g/mol. The lowest BCUT2D eigenvalue weighted by atomic mass is 9.75. The van der Waals surface area contributed by atoms with E-state index in [4.69, 9.17) is 0 Å². The molecule has 180 valence electrons. The van der Waals surface area contributed by atoms with Crippen LogP contribution in [0.5, 0.6) is 5.75 Å². The molecule has 10 heteroatoms. The van der Waals surface area contributed by atoms with Crippen LogP contribution in [0.15, 0.2) is 12.1 Å². The van der Waals surface area contributed by atoms with Crippen LogP contribution in [0, 0.1) is 0 Å². The first-order valence-electron chi connectivity index (χ1n) is 9.54. The number of rotatable bonds is 5. The summed E-state index contributed by atoms with van der Waals surface area (Å²) in [4.78, 5) is 0. The van der Waals surface area contributed by atoms with Gasteiger partial charge in [0.25, 0.3) is 0 Å². The van der Waals surface area contributed by atoms with Gasteiger partial charge in [-0.1, -0.05) is 74.4 Å². The van der Waals surface area contributed by atoms with Crippen molar-refractivity contribution in [2.75, 3.05) is 0 Å². The molecule has 0 unspecified atom stereocenters. The van der Waals surface area contributed by atoms with Crippen molar-refractivity contribution in [3.05, 3.63) is 28.8 Å². The largest absolute Gasteiger partial charge is 0.448 e. The van der Waals surface area contributed by atoms with Crippen molar-refractivity contribution < 1.29 is 38.9 Å². The van der Waals surface area contributed by atoms with Gasteiger partial charge in [0.1, 0.15) is 5.75 Å². The molecule has 1 rings (SSSR count). The van der Waals surface area contributed by atoms with Gasteiger partial charge in [-0.25, -0.2) is 8.78 Å². The van der Waals surface area contributed by atoms with E-state index in [1.807, 2.05) is 20.8 Å². The lowest BCUT2D eigenvalue weighted by Gasteiger charge is -2.33. The summed E-state index contributed by atoms with van der Waals surface area (Å²) in [5.41, 5.74) is -1.06. The van der Waals surface area contributed by atoms with Gasteiger partial charge in [-0.3, -0.25) is 0 Å². The van der Waals surface area contributed by atoms with Crippen LogP contribution < -0.4 is 4.18 Å². The smallest absolute Gasteiger partial charge is 0.377 e. The summed E-state index contributed by atoms with van der Waals surface area (Å²) >= 11 is 0. The molecule has 0 N–H and O–H groups in total. The van der Waals surface area contributed by atoms with Crippen molar-refractivity contribution in [3.63, 3.8) is 0 Å². The molecule has 3 nitrogen and oxygen atoms in total. The molecule has 0 heterocycles. The first kappa shape index (κ1) is 27.6. The average molecular weight is 477 g/mol. The van der Waals surface area contributed by atoms with E-state index < -0.39 is 49.7 Å². The molecule has 1 aromatic carbocycles. The summed E-state index contributed by atoms with van der Waals surface area (Å²) in [7, 11) is -6.49. The molecule has 1 aromatic rings. The van der Waals surface area contributed by atoms with E-state index in [0.717, 1.165) is 5.56 Å². The maximum Gasteiger partial charge on any atom is 0.448 e. The topological polar surface area (TPSA) is 43.4 Å². The van der Waals surface area contributed by atoms with E-state index in [9.17, 15) is 34.8 Å². The summed E-state index contributed by atoms with van der Waals surface area (Å²) in [6.07, 6.45) is -4.91. The second-order valence-electron chi connectivity index (χ2n) is 10.6. The molecule has 0 radical (unpaired) electrons. The minimum absolute atomic E-state index is 0.171. The Morgan fingerprint density at radius 1 is 0.742 bits per heavy atom. The second kappa shape index (κ2) is 7.85. The molecule has 0 amide bonds. The van der Waals surface area contributed by atoms with Gasteiger partial charge >= 0.3 is 27.7 Å². The van der Waals surface area contributed by atoms with Crippen LogP contribution in [0.4, 0.5) is 26.3 Å². The highest BCUT2D eigenvalue weighted by molar-refractivity contribution is 7.88. The van der Waals surface area contributed by atoms with Crippen LogP contribution in [0.2, 0.25) is 0 Å². The Morgan fingerprint density at radius 2 is 1.10 bits per heavy atom. The highest BCUT2D eigenvalue weighted by Crippen LogP contribution is 2.47. The van der Waals surface area contributed by atoms with Gasteiger partial charge in [-0.2, -0.15) is 26.0 Å². The Labute approximate surface area is 180 Å². The van der Waals surface area contributed by atoms with Crippen molar-refractivity contribution in [1.82, 2.24) is 0 Å². The van der Waals surface area contributed by atoms with E-state index in [2.05, 4.69) is 4.18 Å². The van der Waals surface area contributed by atoms with Crippen molar-refractivity contribution in [2.45, 2.75) is 96.2 Å². The van der Waals surface area contributed by atoms with Crippen molar-refractivity contribution in [2.24, 2.45) is 0 Å². The van der Waals surface area contributed by atoms with Crippen LogP contribution in [0.25, 0.3) is 0 Å². The number of hydrogen-bond donors (Lipinski definition) is 0. The summed E-state index contributed by atoms with van der Waals surface area (Å²) < 4.78 is 109. The maximum absolute atomic E-state index is 14.1. The minimum Gasteiger partial charge on any atom is -0.377 e. The lowest BCUT2D eigenvalue weighted by Crippen LogP contribution is -2.53. The number of benzene rings is 1. The fraction of sp³-hybridized carbons (Fsp3) is 0.714. The molecule has 0 aliphatic heterocycles. The first-order valence-corrected chi connectivity index (χ1v) is 11.0. The molecule has 31 heavy (non-hydrogen) atoms. The summed E-state index contributed by atoms with van der Waals surface area (Å²) in [5.74, 6) is -6.70. The predicted octanol–water partition coefficient (Wildman–Crippen LogP) is 6.78. The van der Waals surface area contributed by atoms with Gasteiger partial charge in [0, 0.05) is 11.1 Å². The van der Waals surface area contributed by atoms with E-state index in [1.54, 1.807) is 53.7 Å². The molecule has 0 aliphatic carbocycles. The van der Waals surface area contributed by atoms with Gasteiger partial charge in [0.05, 0.1) is 0 Å². The molecule has 0 fully saturated rings. The van der Waals surface area contributed by atoms with Crippen molar-refractivity contribution in [3.8, 4) is 5.75 Å². The Kier molecular flexibility index (Phi) is 6.98. The Morgan fingerprint density at radius 3 is 1.35 bits per heavy atom. The molecule has 0 bridgehead atoms. The van der Waals surface area contributed by atoms with Gasteiger partial charge in [-0.15, -0.1) is 0 Å². The highest BCUT2D eigenvalue weighted by Gasteiger charge is 2.72. The summed E-state index contributed by atoms with van der Waals surface area (Å²) in [5, 5.41) is -6.15. The van der Waals surface area contributed by atoms with Crippen molar-refractivity contribution >= 4 is 10.1 Å². The zero-order valence-corrected chi connectivity index (χ0v) is 19.9. The van der Waals surface area contributed by atoms with Crippen LogP contribution in [-0.2, 0) is 26.4 Å².